The van der Waals surface area contributed by atoms with Gasteiger partial charge in [0.05, 0.1) is 12.6 Å². The molecule has 1 rings (SSSR count). The van der Waals surface area contributed by atoms with E-state index in [4.69, 9.17) is 23.4 Å². The van der Waals surface area contributed by atoms with E-state index in [1.165, 1.54) is 0 Å². The lowest BCUT2D eigenvalue weighted by atomic mass is 10.1. The van der Waals surface area contributed by atoms with Gasteiger partial charge in [0.15, 0.2) is 7.85 Å². The van der Waals surface area contributed by atoms with Crippen molar-refractivity contribution in [2.45, 2.75) is 12.1 Å². The predicted octanol–water partition coefficient (Wildman–Crippen LogP) is -1.29. The van der Waals surface area contributed by atoms with Crippen molar-refractivity contribution in [3.63, 3.8) is 0 Å². The molecule has 3 nitrogen and oxygen atoms in total. The first kappa shape index (κ1) is 6.64. The van der Waals surface area contributed by atoms with E-state index in [0.29, 0.717) is 5.66 Å². The van der Waals surface area contributed by atoms with Crippen LogP contribution in [0.4, 0.5) is 0 Å². The standard InChI is InChI=1S/C5H8BNO2/c6-5-1-3(7)4(2-8)9-5/h1,3-4,8H,2,7H2/t3-,4-/m1/s1. The van der Waals surface area contributed by atoms with E-state index in [9.17, 15) is 0 Å². The zero-order chi connectivity index (χ0) is 6.85. The van der Waals surface area contributed by atoms with E-state index >= 15 is 0 Å². The Morgan fingerprint density at radius 2 is 2.56 bits per heavy atom. The van der Waals surface area contributed by atoms with Gasteiger partial charge < -0.3 is 15.6 Å². The molecule has 3 N–H and O–H groups in total. The molecule has 48 valence electrons. The first-order valence-corrected chi connectivity index (χ1v) is 2.74. The van der Waals surface area contributed by atoms with Gasteiger partial charge in [-0.3, -0.25) is 0 Å². The maximum Gasteiger partial charge on any atom is 0.166 e. The van der Waals surface area contributed by atoms with Crippen LogP contribution in [-0.2, 0) is 4.74 Å². The molecule has 0 spiro atoms. The highest BCUT2D eigenvalue weighted by molar-refractivity contribution is 6.20. The fraction of sp³-hybridized carbons (Fsp3) is 0.600. The van der Waals surface area contributed by atoms with E-state index in [2.05, 4.69) is 0 Å². The largest absolute Gasteiger partial charge is 0.502 e. The van der Waals surface area contributed by atoms with Crippen LogP contribution in [-0.4, -0.2) is 31.7 Å². The molecule has 0 aliphatic carbocycles. The second kappa shape index (κ2) is 2.41. The quantitative estimate of drug-likeness (QED) is 0.429. The zero-order valence-corrected chi connectivity index (χ0v) is 4.95. The summed E-state index contributed by atoms with van der Waals surface area (Å²) in [6.07, 6.45) is 1.24. The van der Waals surface area contributed by atoms with Crippen molar-refractivity contribution in [3.05, 3.63) is 11.7 Å². The van der Waals surface area contributed by atoms with Crippen molar-refractivity contribution >= 4 is 7.85 Å². The number of aliphatic hydroxyl groups is 1. The maximum atomic E-state index is 8.56. The van der Waals surface area contributed by atoms with Gasteiger partial charge in [-0.15, -0.1) is 0 Å². The van der Waals surface area contributed by atoms with E-state index in [1.807, 2.05) is 0 Å². The van der Waals surface area contributed by atoms with E-state index in [0.717, 1.165) is 0 Å². The van der Waals surface area contributed by atoms with Gasteiger partial charge in [0.25, 0.3) is 0 Å². The molecule has 0 aromatic heterocycles. The molecule has 1 aliphatic rings. The highest BCUT2D eigenvalue weighted by atomic mass is 16.5. The van der Waals surface area contributed by atoms with Gasteiger partial charge in [-0.25, -0.2) is 0 Å². The summed E-state index contributed by atoms with van der Waals surface area (Å²) in [7, 11) is 5.24. The Labute approximate surface area is 54.9 Å². The molecule has 0 amide bonds. The van der Waals surface area contributed by atoms with Gasteiger partial charge in [0.1, 0.15) is 6.10 Å². The number of hydrogen-bond acceptors (Lipinski definition) is 3. The molecule has 2 atom stereocenters. The van der Waals surface area contributed by atoms with Crippen LogP contribution in [0, 0.1) is 0 Å². The summed E-state index contributed by atoms with van der Waals surface area (Å²) in [6.45, 7) is -0.0850. The molecule has 2 radical (unpaired) electrons. The fourth-order valence-corrected chi connectivity index (χ4v) is 0.749. The van der Waals surface area contributed by atoms with Crippen molar-refractivity contribution in [3.8, 4) is 0 Å². The minimum atomic E-state index is -0.343. The Morgan fingerprint density at radius 1 is 1.89 bits per heavy atom. The van der Waals surface area contributed by atoms with Crippen LogP contribution in [0.25, 0.3) is 0 Å². The van der Waals surface area contributed by atoms with Crippen molar-refractivity contribution in [2.24, 2.45) is 5.73 Å². The number of nitrogens with two attached hydrogens (primary N) is 1. The Morgan fingerprint density at radius 3 is 2.78 bits per heavy atom. The van der Waals surface area contributed by atoms with Crippen molar-refractivity contribution in [1.29, 1.82) is 0 Å². The molecule has 9 heavy (non-hydrogen) atoms. The van der Waals surface area contributed by atoms with E-state index in [-0.39, 0.29) is 18.8 Å². The van der Waals surface area contributed by atoms with Gasteiger partial charge in [-0.2, -0.15) is 0 Å². The Balaban J connectivity index is 2.49. The first-order valence-electron chi connectivity index (χ1n) is 2.74. The number of ether oxygens (including phenoxy) is 1. The molecule has 1 aliphatic heterocycles. The van der Waals surface area contributed by atoms with Gasteiger partial charge in [-0.05, 0) is 6.08 Å². The van der Waals surface area contributed by atoms with Crippen LogP contribution < -0.4 is 5.73 Å². The van der Waals surface area contributed by atoms with Crippen LogP contribution in [0.5, 0.6) is 0 Å². The molecule has 0 aromatic carbocycles. The second-order valence-electron chi connectivity index (χ2n) is 1.99. The fourth-order valence-electron chi connectivity index (χ4n) is 0.749. The third-order valence-corrected chi connectivity index (χ3v) is 1.25. The summed E-state index contributed by atoms with van der Waals surface area (Å²) in [6, 6.07) is -0.255. The second-order valence-corrected chi connectivity index (χ2v) is 1.99. The molecule has 0 saturated heterocycles. The summed E-state index contributed by atoms with van der Waals surface area (Å²) in [5.74, 6) is 0. The van der Waals surface area contributed by atoms with Crippen molar-refractivity contribution < 1.29 is 9.84 Å². The molecular formula is C5H8BNO2. The summed E-state index contributed by atoms with van der Waals surface area (Å²) < 4.78 is 4.89. The van der Waals surface area contributed by atoms with Crippen LogP contribution in [0.15, 0.2) is 11.7 Å². The van der Waals surface area contributed by atoms with Crippen LogP contribution in [0.1, 0.15) is 0 Å². The average Bonchev–Trinajstić information content (AvgIpc) is 2.10. The van der Waals surface area contributed by atoms with Gasteiger partial charge in [0.2, 0.25) is 0 Å². The topological polar surface area (TPSA) is 55.5 Å². The third-order valence-electron chi connectivity index (χ3n) is 1.25. The highest BCUT2D eigenvalue weighted by Crippen LogP contribution is 2.11. The molecule has 0 unspecified atom stereocenters. The van der Waals surface area contributed by atoms with Crippen LogP contribution in [0.2, 0.25) is 0 Å². The lowest BCUT2D eigenvalue weighted by molar-refractivity contribution is 0.0810. The summed E-state index contributed by atoms with van der Waals surface area (Å²) in [5.41, 5.74) is 5.75. The average molecular weight is 125 g/mol. The number of aliphatic hydroxyl groups excluding tert-OH is 1. The molecule has 0 aromatic rings. The van der Waals surface area contributed by atoms with Crippen molar-refractivity contribution in [1.82, 2.24) is 0 Å². The van der Waals surface area contributed by atoms with E-state index in [1.54, 1.807) is 6.08 Å². The normalized spacial score (nSPS) is 33.8. The van der Waals surface area contributed by atoms with E-state index < -0.39 is 0 Å². The van der Waals surface area contributed by atoms with Crippen LogP contribution in [0.3, 0.4) is 0 Å². The first-order chi connectivity index (χ1) is 4.24. The lowest BCUT2D eigenvalue weighted by Gasteiger charge is -2.11. The Kier molecular flexibility index (Phi) is 1.78. The molecule has 0 saturated carbocycles. The SMILES string of the molecule is [B]C1=C[C@@H](N)[C@@H](CO)O1. The molecular weight excluding hydrogens is 117 g/mol. The van der Waals surface area contributed by atoms with Gasteiger partial charge >= 0.3 is 0 Å². The minimum Gasteiger partial charge on any atom is -0.502 e. The number of rotatable bonds is 1. The summed E-state index contributed by atoms with van der Waals surface area (Å²) >= 11 is 0. The minimum absolute atomic E-state index is 0.0850. The highest BCUT2D eigenvalue weighted by Gasteiger charge is 2.22. The molecule has 1 heterocycles. The van der Waals surface area contributed by atoms with Crippen molar-refractivity contribution in [2.75, 3.05) is 6.61 Å². The zero-order valence-electron chi connectivity index (χ0n) is 4.95. The lowest BCUT2D eigenvalue weighted by Crippen LogP contribution is -2.33. The van der Waals surface area contributed by atoms with Crippen LogP contribution >= 0.6 is 0 Å². The maximum absolute atomic E-state index is 8.56. The molecule has 0 bridgehead atoms. The predicted molar refractivity (Wildman–Crippen MR) is 33.8 cm³/mol. The van der Waals surface area contributed by atoms with Gasteiger partial charge in [-0.1, -0.05) is 0 Å². The Bertz CT molecular complexity index is 137. The summed E-state index contributed by atoms with van der Waals surface area (Å²) in [4.78, 5) is 0. The molecule has 4 heteroatoms. The smallest absolute Gasteiger partial charge is 0.166 e. The van der Waals surface area contributed by atoms with Gasteiger partial charge in [0, 0.05) is 5.66 Å². The summed E-state index contributed by atoms with van der Waals surface area (Å²) in [5, 5.41) is 8.56. The number of hydrogen-bond donors (Lipinski definition) is 2. The third kappa shape index (κ3) is 1.26. The molecule has 0 fully saturated rings. The Hall–Kier alpha value is -0.475. The monoisotopic (exact) mass is 125 g/mol.